The quantitative estimate of drug-likeness (QED) is 0.892. The molecule has 24 heavy (non-hydrogen) atoms. The predicted molar refractivity (Wildman–Crippen MR) is 88.7 cm³/mol. The molecule has 2 heterocycles. The zero-order valence-corrected chi connectivity index (χ0v) is 13.8. The van der Waals surface area contributed by atoms with Gasteiger partial charge in [-0.05, 0) is 48.9 Å². The van der Waals surface area contributed by atoms with Gasteiger partial charge in [-0.3, -0.25) is 4.79 Å². The van der Waals surface area contributed by atoms with E-state index in [1.165, 1.54) is 23.1 Å². The highest BCUT2D eigenvalue weighted by atomic mass is 35.5. The van der Waals surface area contributed by atoms with E-state index in [1.54, 1.807) is 12.1 Å². The van der Waals surface area contributed by atoms with Gasteiger partial charge in [-0.15, -0.1) is 17.5 Å². The summed E-state index contributed by atoms with van der Waals surface area (Å²) >= 11 is 0. The van der Waals surface area contributed by atoms with Crippen LogP contribution in [0.4, 0.5) is 4.39 Å². The summed E-state index contributed by atoms with van der Waals surface area (Å²) in [6.07, 6.45) is 3.61. The molecule has 1 aliphatic heterocycles. The number of carbonyl (C=O) groups excluding carboxylic acids is 1. The number of likely N-dealkylation sites (tertiary alicyclic amines) is 1. The Hall–Kier alpha value is -1.99. The molecule has 128 valence electrons. The lowest BCUT2D eigenvalue weighted by Crippen LogP contribution is -2.33. The zero-order valence-electron chi connectivity index (χ0n) is 13.0. The van der Waals surface area contributed by atoms with Crippen LogP contribution in [0.5, 0.6) is 0 Å². The third kappa shape index (κ3) is 2.89. The van der Waals surface area contributed by atoms with E-state index in [0.717, 1.165) is 19.4 Å². The maximum atomic E-state index is 13.0. The van der Waals surface area contributed by atoms with E-state index < -0.39 is 0 Å². The average molecular weight is 352 g/mol. The second-order valence-corrected chi connectivity index (χ2v) is 6.37. The van der Waals surface area contributed by atoms with Gasteiger partial charge in [0.1, 0.15) is 5.82 Å². The molecule has 4 rings (SSSR count). The highest BCUT2D eigenvalue weighted by Gasteiger charge is 2.43. The molecular formula is C16H19ClFN5O. The van der Waals surface area contributed by atoms with Crippen LogP contribution in [0.25, 0.3) is 5.69 Å². The van der Waals surface area contributed by atoms with Gasteiger partial charge in [-0.1, -0.05) is 0 Å². The lowest BCUT2D eigenvalue weighted by Gasteiger charge is -2.17. The number of fused-ring (bicyclic) bond motifs is 1. The minimum absolute atomic E-state index is 0. The second-order valence-electron chi connectivity index (χ2n) is 6.37. The molecule has 0 radical (unpaired) electrons. The summed E-state index contributed by atoms with van der Waals surface area (Å²) in [5.41, 5.74) is 7.04. The Morgan fingerprint density at radius 1 is 1.21 bits per heavy atom. The van der Waals surface area contributed by atoms with E-state index in [-0.39, 0.29) is 30.2 Å². The molecule has 3 atom stereocenters. The predicted octanol–water partition coefficient (Wildman–Crippen LogP) is 1.64. The molecule has 2 aromatic rings. The number of rotatable bonds is 2. The number of amides is 1. The number of hydrogen-bond donors (Lipinski definition) is 1. The van der Waals surface area contributed by atoms with Gasteiger partial charge in [0.05, 0.1) is 11.9 Å². The van der Waals surface area contributed by atoms with Gasteiger partial charge >= 0.3 is 0 Å². The number of nitrogens with zero attached hydrogens (tertiary/aromatic N) is 4. The van der Waals surface area contributed by atoms with Crippen molar-refractivity contribution < 1.29 is 9.18 Å². The normalized spacial score (nSPS) is 25.4. The van der Waals surface area contributed by atoms with E-state index >= 15 is 0 Å². The van der Waals surface area contributed by atoms with Gasteiger partial charge in [0, 0.05) is 19.1 Å². The van der Waals surface area contributed by atoms with Crippen LogP contribution in [0.2, 0.25) is 0 Å². The van der Waals surface area contributed by atoms with Crippen molar-refractivity contribution in [3.05, 3.63) is 42.0 Å². The van der Waals surface area contributed by atoms with Gasteiger partial charge in [0.25, 0.3) is 5.91 Å². The first kappa shape index (κ1) is 16.9. The van der Waals surface area contributed by atoms with Gasteiger partial charge in [-0.25, -0.2) is 4.39 Å². The molecular weight excluding hydrogens is 333 g/mol. The van der Waals surface area contributed by atoms with E-state index in [0.29, 0.717) is 29.8 Å². The Balaban J connectivity index is 0.00000169. The fourth-order valence-corrected chi connectivity index (χ4v) is 3.70. The number of halogens is 2. The van der Waals surface area contributed by atoms with E-state index in [2.05, 4.69) is 10.2 Å². The second kappa shape index (κ2) is 6.49. The lowest BCUT2D eigenvalue weighted by molar-refractivity contribution is 0.0773. The molecule has 2 N–H and O–H groups in total. The third-order valence-electron chi connectivity index (χ3n) is 4.97. The first-order valence-corrected chi connectivity index (χ1v) is 7.85. The summed E-state index contributed by atoms with van der Waals surface area (Å²) in [7, 11) is 0. The van der Waals surface area contributed by atoms with Crippen LogP contribution in [0.3, 0.4) is 0 Å². The number of nitrogens with two attached hydrogens (primary N) is 1. The fourth-order valence-electron chi connectivity index (χ4n) is 3.70. The molecule has 1 aromatic carbocycles. The van der Waals surface area contributed by atoms with Crippen molar-refractivity contribution in [1.29, 1.82) is 0 Å². The first-order chi connectivity index (χ1) is 11.1. The van der Waals surface area contributed by atoms with Crippen LogP contribution >= 0.6 is 12.4 Å². The maximum absolute atomic E-state index is 13.0. The van der Waals surface area contributed by atoms with Crippen LogP contribution in [-0.2, 0) is 0 Å². The Bertz CT molecular complexity index is 734. The zero-order chi connectivity index (χ0) is 16.0. The number of aromatic nitrogens is 3. The Kier molecular flexibility index (Phi) is 4.56. The van der Waals surface area contributed by atoms with E-state index in [9.17, 15) is 9.18 Å². The fraction of sp³-hybridized carbons (Fsp3) is 0.438. The number of carbonyl (C=O) groups is 1. The standard InChI is InChI=1S/C16H18FN5O.ClH/c17-11-2-4-12(5-3-11)22-19-7-15(20-22)16(23)21-8-10-1-6-14(18)13(10)9-21;/h2-5,7,10,13-14H,1,6,8-9,18H2;1H. The van der Waals surface area contributed by atoms with Gasteiger partial charge < -0.3 is 10.6 Å². The summed E-state index contributed by atoms with van der Waals surface area (Å²) in [4.78, 5) is 15.8. The average Bonchev–Trinajstić information content (AvgIpc) is 3.25. The molecule has 1 aliphatic carbocycles. The Morgan fingerprint density at radius 2 is 1.96 bits per heavy atom. The van der Waals surface area contributed by atoms with E-state index in [4.69, 9.17) is 5.73 Å². The monoisotopic (exact) mass is 351 g/mol. The van der Waals surface area contributed by atoms with Crippen molar-refractivity contribution in [2.24, 2.45) is 17.6 Å². The SMILES string of the molecule is Cl.NC1CCC2CN(C(=O)c3cnn(-c4ccc(F)cc4)n3)CC12. The molecule has 6 nitrogen and oxygen atoms in total. The lowest BCUT2D eigenvalue weighted by atomic mass is 9.98. The smallest absolute Gasteiger partial charge is 0.276 e. The van der Waals surface area contributed by atoms with Crippen molar-refractivity contribution in [2.75, 3.05) is 13.1 Å². The van der Waals surface area contributed by atoms with Crippen LogP contribution in [0, 0.1) is 17.7 Å². The summed E-state index contributed by atoms with van der Waals surface area (Å²) < 4.78 is 13.0. The molecule has 3 unspecified atom stereocenters. The molecule has 0 spiro atoms. The minimum Gasteiger partial charge on any atom is -0.337 e. The van der Waals surface area contributed by atoms with Crippen molar-refractivity contribution in [3.63, 3.8) is 0 Å². The summed E-state index contributed by atoms with van der Waals surface area (Å²) in [5.74, 6) is 0.490. The van der Waals surface area contributed by atoms with Crippen LogP contribution < -0.4 is 5.73 Å². The first-order valence-electron chi connectivity index (χ1n) is 7.85. The third-order valence-corrected chi connectivity index (χ3v) is 4.97. The van der Waals surface area contributed by atoms with Crippen molar-refractivity contribution in [1.82, 2.24) is 19.9 Å². The van der Waals surface area contributed by atoms with E-state index in [1.807, 2.05) is 4.90 Å². The number of hydrogen-bond acceptors (Lipinski definition) is 4. The largest absolute Gasteiger partial charge is 0.337 e. The van der Waals surface area contributed by atoms with Crippen LogP contribution in [-0.4, -0.2) is 44.9 Å². The molecule has 1 amide bonds. The van der Waals surface area contributed by atoms with Crippen LogP contribution in [0.15, 0.2) is 30.5 Å². The van der Waals surface area contributed by atoms with Gasteiger partial charge in [0.15, 0.2) is 5.69 Å². The van der Waals surface area contributed by atoms with Crippen LogP contribution in [0.1, 0.15) is 23.3 Å². The molecule has 8 heteroatoms. The Morgan fingerprint density at radius 3 is 2.67 bits per heavy atom. The van der Waals surface area contributed by atoms with Gasteiger partial charge in [0.2, 0.25) is 0 Å². The summed E-state index contributed by atoms with van der Waals surface area (Å²) in [6, 6.07) is 6.02. The van der Waals surface area contributed by atoms with Crippen molar-refractivity contribution in [3.8, 4) is 5.69 Å². The molecule has 1 saturated carbocycles. The molecule has 1 saturated heterocycles. The molecule has 0 bridgehead atoms. The highest BCUT2D eigenvalue weighted by molar-refractivity contribution is 5.92. The van der Waals surface area contributed by atoms with Crippen molar-refractivity contribution in [2.45, 2.75) is 18.9 Å². The topological polar surface area (TPSA) is 77.0 Å². The summed E-state index contributed by atoms with van der Waals surface area (Å²) in [5, 5.41) is 8.33. The molecule has 2 aliphatic rings. The van der Waals surface area contributed by atoms with Gasteiger partial charge in [-0.2, -0.15) is 9.90 Å². The number of benzene rings is 1. The maximum Gasteiger partial charge on any atom is 0.276 e. The molecule has 1 aromatic heterocycles. The minimum atomic E-state index is -0.322. The van der Waals surface area contributed by atoms with Crippen molar-refractivity contribution >= 4 is 18.3 Å². The molecule has 2 fully saturated rings. The summed E-state index contributed by atoms with van der Waals surface area (Å²) in [6.45, 7) is 1.45. The Labute approximate surface area is 145 Å². The highest BCUT2D eigenvalue weighted by Crippen LogP contribution is 2.37.